The third kappa shape index (κ3) is 3.84. The molecule has 0 saturated carbocycles. The molecule has 0 radical (unpaired) electrons. The fourth-order valence-electron chi connectivity index (χ4n) is 1.22. The Kier molecular flexibility index (Phi) is 4.78. The molecule has 1 atom stereocenters. The predicted molar refractivity (Wildman–Crippen MR) is 61.5 cm³/mol. The molecule has 1 rings (SSSR count). The summed E-state index contributed by atoms with van der Waals surface area (Å²) in [6.07, 6.45) is -0.578. The first-order valence-electron chi connectivity index (χ1n) is 4.90. The lowest BCUT2D eigenvalue weighted by Crippen LogP contribution is -2.38. The van der Waals surface area contributed by atoms with Crippen LogP contribution in [0.2, 0.25) is 0 Å². The van der Waals surface area contributed by atoms with E-state index < -0.39 is 6.10 Å². The number of aryl methyl sites for hydroxylation is 1. The highest BCUT2D eigenvalue weighted by atomic mass is 32.1. The quantitative estimate of drug-likeness (QED) is 0.730. The largest absolute Gasteiger partial charge is 0.390 e. The van der Waals surface area contributed by atoms with E-state index in [-0.39, 0.29) is 12.5 Å². The molecule has 1 unspecified atom stereocenters. The van der Waals surface area contributed by atoms with Crippen LogP contribution in [-0.4, -0.2) is 58.8 Å². The monoisotopic (exact) mass is 244 g/mol. The highest BCUT2D eigenvalue weighted by molar-refractivity contribution is 7.05. The van der Waals surface area contributed by atoms with Crippen molar-refractivity contribution < 1.29 is 9.90 Å². The summed E-state index contributed by atoms with van der Waals surface area (Å²) in [6.45, 7) is 2.51. The lowest BCUT2D eigenvalue weighted by molar-refractivity contribution is 0.0887. The molecule has 0 spiro atoms. The van der Waals surface area contributed by atoms with Gasteiger partial charge in [-0.05, 0) is 32.6 Å². The molecule has 1 amide bonds. The van der Waals surface area contributed by atoms with Crippen molar-refractivity contribution in [1.29, 1.82) is 0 Å². The van der Waals surface area contributed by atoms with Crippen LogP contribution >= 0.6 is 11.5 Å². The Morgan fingerprint density at radius 1 is 1.62 bits per heavy atom. The molecular formula is C9H16N4O2S. The number of aliphatic hydroxyl groups is 1. The van der Waals surface area contributed by atoms with Crippen molar-refractivity contribution in [2.24, 2.45) is 0 Å². The van der Waals surface area contributed by atoms with Crippen LogP contribution in [0.4, 0.5) is 0 Å². The maximum Gasteiger partial charge on any atom is 0.273 e. The standard InChI is InChI=1S/C9H16N4O2S/c1-6-8(11-12-16-6)9(15)10-4-7(14)5-13(2)3/h7,14H,4-5H2,1-3H3,(H,10,15). The maximum atomic E-state index is 11.6. The van der Waals surface area contributed by atoms with Gasteiger partial charge in [0.25, 0.3) is 5.91 Å². The Labute approximate surface area is 98.4 Å². The van der Waals surface area contributed by atoms with E-state index in [4.69, 9.17) is 0 Å². The zero-order chi connectivity index (χ0) is 12.1. The minimum Gasteiger partial charge on any atom is -0.390 e. The van der Waals surface area contributed by atoms with E-state index >= 15 is 0 Å². The summed E-state index contributed by atoms with van der Waals surface area (Å²) in [5, 5.41) is 15.9. The molecule has 0 aliphatic carbocycles. The Morgan fingerprint density at radius 2 is 2.31 bits per heavy atom. The zero-order valence-corrected chi connectivity index (χ0v) is 10.4. The summed E-state index contributed by atoms with van der Waals surface area (Å²) in [4.78, 5) is 14.2. The van der Waals surface area contributed by atoms with Gasteiger partial charge in [0.05, 0.1) is 11.0 Å². The molecule has 0 fully saturated rings. The first-order valence-corrected chi connectivity index (χ1v) is 5.68. The van der Waals surface area contributed by atoms with Crippen LogP contribution < -0.4 is 5.32 Å². The molecule has 0 aromatic carbocycles. The van der Waals surface area contributed by atoms with Crippen LogP contribution in [0.1, 0.15) is 15.4 Å². The molecule has 0 bridgehead atoms. The van der Waals surface area contributed by atoms with Gasteiger partial charge < -0.3 is 15.3 Å². The summed E-state index contributed by atoms with van der Waals surface area (Å²) in [7, 11) is 3.72. The van der Waals surface area contributed by atoms with Crippen molar-refractivity contribution in [3.8, 4) is 0 Å². The number of amides is 1. The third-order valence-corrected chi connectivity index (χ3v) is 2.57. The van der Waals surface area contributed by atoms with Crippen molar-refractivity contribution in [2.45, 2.75) is 13.0 Å². The van der Waals surface area contributed by atoms with Gasteiger partial charge in [0, 0.05) is 13.1 Å². The van der Waals surface area contributed by atoms with E-state index in [2.05, 4.69) is 14.9 Å². The van der Waals surface area contributed by atoms with Crippen LogP contribution in [0.5, 0.6) is 0 Å². The van der Waals surface area contributed by atoms with Crippen molar-refractivity contribution in [3.05, 3.63) is 10.6 Å². The number of carbonyl (C=O) groups is 1. The van der Waals surface area contributed by atoms with Crippen LogP contribution in [-0.2, 0) is 0 Å². The lowest BCUT2D eigenvalue weighted by atomic mass is 10.3. The summed E-state index contributed by atoms with van der Waals surface area (Å²) in [5.74, 6) is -0.288. The molecular weight excluding hydrogens is 228 g/mol. The number of aromatic nitrogens is 2. The number of nitrogens with zero attached hydrogens (tertiary/aromatic N) is 3. The van der Waals surface area contributed by atoms with Crippen molar-refractivity contribution in [2.75, 3.05) is 27.2 Å². The molecule has 1 aromatic heterocycles. The molecule has 1 aromatic rings. The van der Waals surface area contributed by atoms with Gasteiger partial charge in [-0.15, -0.1) is 5.10 Å². The number of carbonyl (C=O) groups excluding carboxylic acids is 1. The molecule has 2 N–H and O–H groups in total. The fourth-order valence-corrected chi connectivity index (χ4v) is 1.69. The van der Waals surface area contributed by atoms with Gasteiger partial charge in [-0.2, -0.15) is 0 Å². The Bertz CT molecular complexity index is 353. The van der Waals surface area contributed by atoms with E-state index in [1.54, 1.807) is 6.92 Å². The first-order chi connectivity index (χ1) is 7.50. The van der Waals surface area contributed by atoms with Gasteiger partial charge in [0.2, 0.25) is 0 Å². The normalized spacial score (nSPS) is 12.8. The molecule has 1 heterocycles. The zero-order valence-electron chi connectivity index (χ0n) is 9.60. The highest BCUT2D eigenvalue weighted by Crippen LogP contribution is 2.07. The number of hydrogen-bond acceptors (Lipinski definition) is 6. The average molecular weight is 244 g/mol. The van der Waals surface area contributed by atoms with Crippen LogP contribution in [0.15, 0.2) is 0 Å². The van der Waals surface area contributed by atoms with Crippen molar-refractivity contribution in [3.63, 3.8) is 0 Å². The van der Waals surface area contributed by atoms with Gasteiger partial charge in [0.15, 0.2) is 5.69 Å². The highest BCUT2D eigenvalue weighted by Gasteiger charge is 2.14. The van der Waals surface area contributed by atoms with Gasteiger partial charge in [0.1, 0.15) is 0 Å². The van der Waals surface area contributed by atoms with Crippen LogP contribution in [0, 0.1) is 6.92 Å². The van der Waals surface area contributed by atoms with E-state index in [9.17, 15) is 9.90 Å². The number of rotatable bonds is 5. The van der Waals surface area contributed by atoms with Gasteiger partial charge in [-0.25, -0.2) is 0 Å². The van der Waals surface area contributed by atoms with Crippen LogP contribution in [0.25, 0.3) is 0 Å². The topological polar surface area (TPSA) is 78.3 Å². The summed E-state index contributed by atoms with van der Waals surface area (Å²) >= 11 is 1.18. The summed E-state index contributed by atoms with van der Waals surface area (Å²) in [6, 6.07) is 0. The number of nitrogens with one attached hydrogen (secondary N) is 1. The van der Waals surface area contributed by atoms with Gasteiger partial charge in [-0.3, -0.25) is 4.79 Å². The smallest absolute Gasteiger partial charge is 0.273 e. The lowest BCUT2D eigenvalue weighted by Gasteiger charge is -2.15. The van der Waals surface area contributed by atoms with Crippen molar-refractivity contribution >= 4 is 17.4 Å². The predicted octanol–water partition coefficient (Wildman–Crippen LogP) is -0.501. The second-order valence-corrected chi connectivity index (χ2v) is 4.76. The third-order valence-electron chi connectivity index (χ3n) is 1.94. The fraction of sp³-hybridized carbons (Fsp3) is 0.667. The van der Waals surface area contributed by atoms with E-state index in [1.165, 1.54) is 11.5 Å². The van der Waals surface area contributed by atoms with Gasteiger partial charge in [-0.1, -0.05) is 4.49 Å². The molecule has 0 saturated heterocycles. The Morgan fingerprint density at radius 3 is 2.81 bits per heavy atom. The van der Waals surface area contributed by atoms with E-state index in [0.717, 1.165) is 4.88 Å². The molecule has 16 heavy (non-hydrogen) atoms. The minimum atomic E-state index is -0.578. The van der Waals surface area contributed by atoms with Crippen LogP contribution in [0.3, 0.4) is 0 Å². The maximum absolute atomic E-state index is 11.6. The first kappa shape index (κ1) is 13.0. The molecule has 90 valence electrons. The summed E-state index contributed by atoms with van der Waals surface area (Å²) < 4.78 is 3.68. The second kappa shape index (κ2) is 5.88. The van der Waals surface area contributed by atoms with E-state index in [0.29, 0.717) is 12.2 Å². The summed E-state index contributed by atoms with van der Waals surface area (Å²) in [5.41, 5.74) is 0.335. The average Bonchev–Trinajstić information content (AvgIpc) is 2.60. The number of hydrogen-bond donors (Lipinski definition) is 2. The number of likely N-dealkylation sites (N-methyl/N-ethyl adjacent to an activating group) is 1. The van der Waals surface area contributed by atoms with Crippen molar-refractivity contribution in [1.82, 2.24) is 19.8 Å². The van der Waals surface area contributed by atoms with Gasteiger partial charge >= 0.3 is 0 Å². The Hall–Kier alpha value is -1.05. The SMILES string of the molecule is Cc1snnc1C(=O)NCC(O)CN(C)C. The molecule has 0 aliphatic rings. The molecule has 6 nitrogen and oxygen atoms in total. The minimum absolute atomic E-state index is 0.216. The second-order valence-electron chi connectivity index (χ2n) is 3.80. The molecule has 7 heteroatoms. The van der Waals surface area contributed by atoms with E-state index in [1.807, 2.05) is 19.0 Å². The molecule has 0 aliphatic heterocycles. The Balaban J connectivity index is 2.39. The number of aliphatic hydroxyl groups excluding tert-OH is 1.